The molecule has 25 heavy (non-hydrogen) atoms. The number of oxazole rings is 1. The highest BCUT2D eigenvalue weighted by atomic mass is 16.4. The van der Waals surface area contributed by atoms with Crippen LogP contribution in [0.1, 0.15) is 26.3 Å². The van der Waals surface area contributed by atoms with E-state index in [9.17, 15) is 5.11 Å². The van der Waals surface area contributed by atoms with E-state index in [-0.39, 0.29) is 6.01 Å². The van der Waals surface area contributed by atoms with E-state index in [1.165, 1.54) is 11.0 Å². The van der Waals surface area contributed by atoms with Crippen LogP contribution in [0.15, 0.2) is 41.3 Å². The van der Waals surface area contributed by atoms with Gasteiger partial charge in [0.15, 0.2) is 17.0 Å². The summed E-state index contributed by atoms with van der Waals surface area (Å²) in [6.07, 6.45) is 4.74. The van der Waals surface area contributed by atoms with Gasteiger partial charge < -0.3 is 15.3 Å². The predicted molar refractivity (Wildman–Crippen MR) is 92.5 cm³/mol. The van der Waals surface area contributed by atoms with E-state index in [0.29, 0.717) is 22.3 Å². The lowest BCUT2D eigenvalue weighted by Gasteiger charge is -2.40. The smallest absolute Gasteiger partial charge is 0.292 e. The fraction of sp³-hybridized carbons (Fsp3) is 0.294. The second kappa shape index (κ2) is 5.00. The number of nitrogen functional groups attached to an aromatic ring is 1. The zero-order valence-electron chi connectivity index (χ0n) is 14.1. The highest BCUT2D eigenvalue weighted by Gasteiger charge is 2.46. The lowest BCUT2D eigenvalue weighted by Crippen LogP contribution is -2.47. The number of nitrogens with zero attached hydrogens (tertiary/aromatic N) is 5. The molecule has 1 aromatic carbocycles. The van der Waals surface area contributed by atoms with Crippen molar-refractivity contribution in [2.24, 2.45) is 5.41 Å². The Kier molecular flexibility index (Phi) is 3.10. The maximum atomic E-state index is 11.8. The monoisotopic (exact) mass is 338 g/mol. The molecule has 0 aliphatic rings. The van der Waals surface area contributed by atoms with Gasteiger partial charge in [0.2, 0.25) is 0 Å². The third-order valence-corrected chi connectivity index (χ3v) is 4.39. The van der Waals surface area contributed by atoms with E-state index in [1.54, 1.807) is 30.6 Å². The van der Waals surface area contributed by atoms with Gasteiger partial charge in [0.25, 0.3) is 6.01 Å². The van der Waals surface area contributed by atoms with Crippen molar-refractivity contribution in [2.75, 3.05) is 5.73 Å². The Morgan fingerprint density at radius 2 is 2.00 bits per heavy atom. The molecule has 3 aromatic heterocycles. The van der Waals surface area contributed by atoms with Crippen LogP contribution in [-0.2, 0) is 5.72 Å². The number of fused-ring (bicyclic) bond motifs is 2. The van der Waals surface area contributed by atoms with Crippen molar-refractivity contribution in [3.05, 3.63) is 42.5 Å². The Morgan fingerprint density at radius 1 is 1.20 bits per heavy atom. The van der Waals surface area contributed by atoms with Crippen molar-refractivity contribution in [3.8, 4) is 0 Å². The molecule has 0 bridgehead atoms. The molecule has 0 radical (unpaired) electrons. The van der Waals surface area contributed by atoms with Crippen LogP contribution in [0.25, 0.3) is 22.1 Å². The zero-order chi connectivity index (χ0) is 17.8. The standard InChI is InChI=1S/C17H18N6O2/c1-16(2,3)17(24,23-14-10(8-21-23)7-19-9-20-14)11-4-5-13-12(6-11)22-15(18)25-13/h4-9,24H,1-3H3,(H2,18,22). The third-order valence-electron chi connectivity index (χ3n) is 4.39. The van der Waals surface area contributed by atoms with Crippen molar-refractivity contribution in [1.82, 2.24) is 24.7 Å². The molecule has 0 aliphatic carbocycles. The molecule has 0 saturated carbocycles. The molecule has 0 fully saturated rings. The van der Waals surface area contributed by atoms with E-state index >= 15 is 0 Å². The lowest BCUT2D eigenvalue weighted by atomic mass is 9.78. The Bertz CT molecular complexity index is 1080. The number of benzene rings is 1. The van der Waals surface area contributed by atoms with Gasteiger partial charge in [0, 0.05) is 17.2 Å². The van der Waals surface area contributed by atoms with Gasteiger partial charge in [-0.3, -0.25) is 0 Å². The minimum Gasteiger partial charge on any atom is -0.424 e. The minimum absolute atomic E-state index is 0.0868. The molecule has 1 unspecified atom stereocenters. The number of aliphatic hydroxyl groups is 1. The molecule has 8 heteroatoms. The number of anilines is 1. The molecule has 0 amide bonds. The van der Waals surface area contributed by atoms with Crippen LogP contribution in [0.4, 0.5) is 6.01 Å². The second-order valence-corrected chi connectivity index (χ2v) is 7.01. The summed E-state index contributed by atoms with van der Waals surface area (Å²) >= 11 is 0. The SMILES string of the molecule is CC(C)(C)C(O)(c1ccc2oc(N)nc2c1)n1ncc2cncnc21. The molecular formula is C17H18N6O2. The average molecular weight is 338 g/mol. The molecule has 0 spiro atoms. The molecule has 1 atom stereocenters. The van der Waals surface area contributed by atoms with Gasteiger partial charge >= 0.3 is 0 Å². The van der Waals surface area contributed by atoms with Crippen LogP contribution in [0, 0.1) is 5.41 Å². The first-order valence-corrected chi connectivity index (χ1v) is 7.84. The topological polar surface area (TPSA) is 116 Å². The number of hydrogen-bond acceptors (Lipinski definition) is 7. The first kappa shape index (κ1) is 15.5. The highest BCUT2D eigenvalue weighted by molar-refractivity contribution is 5.76. The summed E-state index contributed by atoms with van der Waals surface area (Å²) in [5, 5.41) is 16.9. The summed E-state index contributed by atoms with van der Waals surface area (Å²) in [5.41, 5.74) is 5.86. The predicted octanol–water partition coefficient (Wildman–Crippen LogP) is 2.29. The van der Waals surface area contributed by atoms with E-state index in [4.69, 9.17) is 10.2 Å². The molecule has 3 heterocycles. The van der Waals surface area contributed by atoms with Crippen molar-refractivity contribution < 1.29 is 9.52 Å². The number of hydrogen-bond donors (Lipinski definition) is 2. The van der Waals surface area contributed by atoms with E-state index in [1.807, 2.05) is 20.8 Å². The fourth-order valence-corrected chi connectivity index (χ4v) is 3.05. The van der Waals surface area contributed by atoms with Crippen LogP contribution in [-0.4, -0.2) is 29.8 Å². The number of aromatic nitrogens is 5. The summed E-state index contributed by atoms with van der Waals surface area (Å²) in [6.45, 7) is 5.80. The van der Waals surface area contributed by atoms with Gasteiger partial charge in [-0.05, 0) is 12.1 Å². The third kappa shape index (κ3) is 2.18. The van der Waals surface area contributed by atoms with Gasteiger partial charge in [0.05, 0.1) is 11.6 Å². The summed E-state index contributed by atoms with van der Waals surface area (Å²) < 4.78 is 6.85. The van der Waals surface area contributed by atoms with Crippen LogP contribution in [0.5, 0.6) is 0 Å². The van der Waals surface area contributed by atoms with Crippen LogP contribution >= 0.6 is 0 Å². The summed E-state index contributed by atoms with van der Waals surface area (Å²) in [7, 11) is 0. The van der Waals surface area contributed by atoms with Crippen molar-refractivity contribution in [3.63, 3.8) is 0 Å². The minimum atomic E-state index is -1.47. The first-order chi connectivity index (χ1) is 11.8. The highest BCUT2D eigenvalue weighted by Crippen LogP contribution is 2.42. The summed E-state index contributed by atoms with van der Waals surface area (Å²) in [5.74, 6) is 0. The second-order valence-electron chi connectivity index (χ2n) is 7.01. The summed E-state index contributed by atoms with van der Waals surface area (Å²) in [6, 6.07) is 5.37. The quantitative estimate of drug-likeness (QED) is 0.576. The summed E-state index contributed by atoms with van der Waals surface area (Å²) in [4.78, 5) is 12.5. The first-order valence-electron chi connectivity index (χ1n) is 7.84. The molecule has 0 aliphatic heterocycles. The van der Waals surface area contributed by atoms with Crippen LogP contribution in [0.2, 0.25) is 0 Å². The van der Waals surface area contributed by atoms with Crippen LogP contribution < -0.4 is 5.73 Å². The van der Waals surface area contributed by atoms with Gasteiger partial charge in [-0.2, -0.15) is 10.1 Å². The largest absolute Gasteiger partial charge is 0.424 e. The Morgan fingerprint density at radius 3 is 2.76 bits per heavy atom. The number of nitrogens with two attached hydrogens (primary N) is 1. The maximum absolute atomic E-state index is 11.8. The van der Waals surface area contributed by atoms with Crippen molar-refractivity contribution in [2.45, 2.75) is 26.5 Å². The van der Waals surface area contributed by atoms with Crippen molar-refractivity contribution in [1.29, 1.82) is 0 Å². The van der Waals surface area contributed by atoms with E-state index < -0.39 is 11.1 Å². The van der Waals surface area contributed by atoms with Gasteiger partial charge in [-0.25, -0.2) is 14.6 Å². The molecule has 8 nitrogen and oxygen atoms in total. The van der Waals surface area contributed by atoms with E-state index in [2.05, 4.69) is 20.1 Å². The van der Waals surface area contributed by atoms with Gasteiger partial charge in [0.1, 0.15) is 11.8 Å². The molecule has 4 rings (SSSR count). The Labute approximate surface area is 143 Å². The molecule has 128 valence electrons. The molecule has 3 N–H and O–H groups in total. The number of rotatable bonds is 2. The van der Waals surface area contributed by atoms with Gasteiger partial charge in [-0.1, -0.05) is 26.8 Å². The van der Waals surface area contributed by atoms with Crippen molar-refractivity contribution >= 4 is 28.1 Å². The maximum Gasteiger partial charge on any atom is 0.292 e. The lowest BCUT2D eigenvalue weighted by molar-refractivity contribution is -0.0966. The van der Waals surface area contributed by atoms with Crippen LogP contribution in [0.3, 0.4) is 0 Å². The molecular weight excluding hydrogens is 320 g/mol. The van der Waals surface area contributed by atoms with E-state index in [0.717, 1.165) is 5.39 Å². The fourth-order valence-electron chi connectivity index (χ4n) is 3.05. The normalized spacial score (nSPS) is 14.9. The molecule has 4 aromatic rings. The Hall–Kier alpha value is -3.00. The average Bonchev–Trinajstić information content (AvgIpc) is 3.14. The van der Waals surface area contributed by atoms with Gasteiger partial charge in [-0.15, -0.1) is 0 Å². The Balaban J connectivity index is 2.01. The molecule has 0 saturated heterocycles. The zero-order valence-corrected chi connectivity index (χ0v) is 14.1.